The van der Waals surface area contributed by atoms with E-state index in [4.69, 9.17) is 4.74 Å². The first-order valence-electron chi connectivity index (χ1n) is 9.45. The van der Waals surface area contributed by atoms with E-state index in [0.717, 1.165) is 24.4 Å². The SMILES string of the molecule is CCCCCCCCNCc1cccc(OCc2ccc(F)cc2)c1. The van der Waals surface area contributed by atoms with Gasteiger partial charge < -0.3 is 10.1 Å². The van der Waals surface area contributed by atoms with Crippen LogP contribution in [-0.2, 0) is 13.2 Å². The van der Waals surface area contributed by atoms with Crippen LogP contribution in [0.1, 0.15) is 56.6 Å². The molecule has 0 saturated heterocycles. The van der Waals surface area contributed by atoms with E-state index in [-0.39, 0.29) is 5.82 Å². The van der Waals surface area contributed by atoms with Crippen molar-refractivity contribution in [1.82, 2.24) is 5.32 Å². The molecule has 0 aromatic heterocycles. The highest BCUT2D eigenvalue weighted by molar-refractivity contribution is 5.29. The molecule has 0 amide bonds. The van der Waals surface area contributed by atoms with Crippen LogP contribution in [0.5, 0.6) is 5.75 Å². The lowest BCUT2D eigenvalue weighted by atomic mass is 10.1. The van der Waals surface area contributed by atoms with E-state index in [1.54, 1.807) is 12.1 Å². The van der Waals surface area contributed by atoms with Crippen LogP contribution >= 0.6 is 0 Å². The summed E-state index contributed by atoms with van der Waals surface area (Å²) in [5, 5.41) is 3.50. The Kier molecular flexibility index (Phi) is 9.06. The van der Waals surface area contributed by atoms with Crippen molar-refractivity contribution in [2.45, 2.75) is 58.6 Å². The average Bonchev–Trinajstić information content (AvgIpc) is 2.64. The van der Waals surface area contributed by atoms with Crippen LogP contribution in [0.2, 0.25) is 0 Å². The summed E-state index contributed by atoms with van der Waals surface area (Å²) in [6, 6.07) is 14.6. The first-order chi connectivity index (χ1) is 12.3. The lowest BCUT2D eigenvalue weighted by Crippen LogP contribution is -2.14. The summed E-state index contributed by atoms with van der Waals surface area (Å²) in [5.74, 6) is 0.630. The zero-order chi connectivity index (χ0) is 17.7. The Labute approximate surface area is 151 Å². The average molecular weight is 343 g/mol. The zero-order valence-electron chi connectivity index (χ0n) is 15.3. The van der Waals surface area contributed by atoms with Gasteiger partial charge in [-0.25, -0.2) is 4.39 Å². The normalized spacial score (nSPS) is 10.8. The summed E-state index contributed by atoms with van der Waals surface area (Å²) < 4.78 is 18.7. The van der Waals surface area contributed by atoms with Gasteiger partial charge in [0.1, 0.15) is 18.2 Å². The second kappa shape index (κ2) is 11.6. The highest BCUT2D eigenvalue weighted by Crippen LogP contribution is 2.15. The van der Waals surface area contributed by atoms with Crippen LogP contribution in [0.4, 0.5) is 4.39 Å². The Hall–Kier alpha value is -1.87. The third-order valence-corrected chi connectivity index (χ3v) is 4.25. The van der Waals surface area contributed by atoms with Gasteiger partial charge in [0.25, 0.3) is 0 Å². The first-order valence-corrected chi connectivity index (χ1v) is 9.45. The molecule has 136 valence electrons. The first kappa shape index (κ1) is 19.5. The molecule has 1 N–H and O–H groups in total. The lowest BCUT2D eigenvalue weighted by molar-refractivity contribution is 0.305. The van der Waals surface area contributed by atoms with Crippen LogP contribution in [0, 0.1) is 5.82 Å². The Balaban J connectivity index is 1.65. The lowest BCUT2D eigenvalue weighted by Gasteiger charge is -2.09. The maximum Gasteiger partial charge on any atom is 0.123 e. The second-order valence-electron chi connectivity index (χ2n) is 6.51. The van der Waals surface area contributed by atoms with Gasteiger partial charge in [0.05, 0.1) is 0 Å². The van der Waals surface area contributed by atoms with E-state index in [1.807, 2.05) is 12.1 Å². The molecule has 2 nitrogen and oxygen atoms in total. The van der Waals surface area contributed by atoms with Crippen LogP contribution < -0.4 is 10.1 Å². The number of hydrogen-bond donors (Lipinski definition) is 1. The van der Waals surface area contributed by atoms with Gasteiger partial charge in [-0.15, -0.1) is 0 Å². The zero-order valence-corrected chi connectivity index (χ0v) is 15.3. The van der Waals surface area contributed by atoms with E-state index in [0.29, 0.717) is 6.61 Å². The predicted octanol–water partition coefficient (Wildman–Crippen LogP) is 5.85. The number of ether oxygens (including phenoxy) is 1. The smallest absolute Gasteiger partial charge is 0.123 e. The molecule has 0 aliphatic carbocycles. The summed E-state index contributed by atoms with van der Waals surface area (Å²) in [7, 11) is 0. The number of benzene rings is 2. The van der Waals surface area contributed by atoms with E-state index in [2.05, 4.69) is 24.4 Å². The van der Waals surface area contributed by atoms with Crippen molar-refractivity contribution in [3.8, 4) is 5.75 Å². The summed E-state index contributed by atoms with van der Waals surface area (Å²) in [6.45, 7) is 4.63. The fourth-order valence-electron chi connectivity index (χ4n) is 2.76. The Morgan fingerprint density at radius 1 is 0.880 bits per heavy atom. The molecule has 0 bridgehead atoms. The molecule has 2 aromatic rings. The summed E-state index contributed by atoms with van der Waals surface area (Å²) in [5.41, 5.74) is 2.19. The van der Waals surface area contributed by atoms with Gasteiger partial charge in [-0.1, -0.05) is 63.3 Å². The molecule has 0 spiro atoms. The maximum atomic E-state index is 12.9. The molecule has 0 saturated carbocycles. The van der Waals surface area contributed by atoms with Crippen LogP contribution in [0.25, 0.3) is 0 Å². The van der Waals surface area contributed by atoms with Crippen LogP contribution in [0.3, 0.4) is 0 Å². The highest BCUT2D eigenvalue weighted by Gasteiger charge is 1.99. The van der Waals surface area contributed by atoms with Gasteiger partial charge >= 0.3 is 0 Å². The van der Waals surface area contributed by atoms with E-state index in [1.165, 1.54) is 56.2 Å². The predicted molar refractivity (Wildman–Crippen MR) is 102 cm³/mol. The molecule has 0 atom stereocenters. The molecular weight excluding hydrogens is 313 g/mol. The fourth-order valence-corrected chi connectivity index (χ4v) is 2.76. The maximum absolute atomic E-state index is 12.9. The molecule has 25 heavy (non-hydrogen) atoms. The molecule has 0 heterocycles. The number of unbranched alkanes of at least 4 members (excludes halogenated alkanes) is 5. The van der Waals surface area contributed by atoms with Crippen molar-refractivity contribution in [1.29, 1.82) is 0 Å². The number of nitrogens with one attached hydrogen (secondary N) is 1. The van der Waals surface area contributed by atoms with Crippen molar-refractivity contribution in [3.05, 3.63) is 65.5 Å². The van der Waals surface area contributed by atoms with Gasteiger partial charge in [0.2, 0.25) is 0 Å². The monoisotopic (exact) mass is 343 g/mol. The molecule has 2 aromatic carbocycles. The van der Waals surface area contributed by atoms with Crippen molar-refractivity contribution in [3.63, 3.8) is 0 Å². The van der Waals surface area contributed by atoms with E-state index >= 15 is 0 Å². The second-order valence-corrected chi connectivity index (χ2v) is 6.51. The number of hydrogen-bond acceptors (Lipinski definition) is 2. The highest BCUT2D eigenvalue weighted by atomic mass is 19.1. The van der Waals surface area contributed by atoms with Crippen molar-refractivity contribution >= 4 is 0 Å². The van der Waals surface area contributed by atoms with Gasteiger partial charge in [-0.05, 0) is 48.4 Å². The van der Waals surface area contributed by atoms with Crippen molar-refractivity contribution in [2.24, 2.45) is 0 Å². The summed E-state index contributed by atoms with van der Waals surface area (Å²) in [6.07, 6.45) is 7.93. The van der Waals surface area contributed by atoms with E-state index in [9.17, 15) is 4.39 Å². The van der Waals surface area contributed by atoms with Gasteiger partial charge in [-0.3, -0.25) is 0 Å². The minimum atomic E-state index is -0.220. The quantitative estimate of drug-likeness (QED) is 0.488. The number of rotatable bonds is 12. The molecular formula is C22H30FNO. The van der Waals surface area contributed by atoms with Crippen molar-refractivity contribution < 1.29 is 9.13 Å². The van der Waals surface area contributed by atoms with Crippen molar-refractivity contribution in [2.75, 3.05) is 6.54 Å². The summed E-state index contributed by atoms with van der Waals surface area (Å²) in [4.78, 5) is 0. The molecule has 0 radical (unpaired) electrons. The Morgan fingerprint density at radius 3 is 2.44 bits per heavy atom. The topological polar surface area (TPSA) is 21.3 Å². The van der Waals surface area contributed by atoms with E-state index < -0.39 is 0 Å². The third-order valence-electron chi connectivity index (χ3n) is 4.25. The fraction of sp³-hybridized carbons (Fsp3) is 0.455. The molecule has 0 fully saturated rings. The minimum Gasteiger partial charge on any atom is -0.489 e. The van der Waals surface area contributed by atoms with Gasteiger partial charge in [-0.2, -0.15) is 0 Å². The Bertz CT molecular complexity index is 597. The molecule has 3 heteroatoms. The van der Waals surface area contributed by atoms with Gasteiger partial charge in [0.15, 0.2) is 0 Å². The standard InChI is InChI=1S/C22H30FNO/c1-2-3-4-5-6-7-15-24-17-20-9-8-10-22(16-20)25-18-19-11-13-21(23)14-12-19/h8-14,16,24H,2-7,15,17-18H2,1H3. The molecule has 0 unspecified atom stereocenters. The molecule has 2 rings (SSSR count). The largest absolute Gasteiger partial charge is 0.489 e. The van der Waals surface area contributed by atoms with Crippen LogP contribution in [0.15, 0.2) is 48.5 Å². The Morgan fingerprint density at radius 2 is 1.64 bits per heavy atom. The molecule has 0 aliphatic heterocycles. The molecule has 0 aliphatic rings. The minimum absolute atomic E-state index is 0.220. The van der Waals surface area contributed by atoms with Crippen LogP contribution in [-0.4, -0.2) is 6.54 Å². The van der Waals surface area contributed by atoms with Gasteiger partial charge in [0, 0.05) is 6.54 Å². The number of halogens is 1. The summed E-state index contributed by atoms with van der Waals surface area (Å²) >= 11 is 0. The third kappa shape index (κ3) is 8.17.